The second-order valence-corrected chi connectivity index (χ2v) is 33.9. The summed E-state index contributed by atoms with van der Waals surface area (Å²) < 4.78 is 77.0. The van der Waals surface area contributed by atoms with Crippen molar-refractivity contribution in [3.8, 4) is 46.0 Å². The number of carbonyl (C=O) groups is 4. The largest absolute Gasteiger partial charge is 0.493 e. The van der Waals surface area contributed by atoms with Crippen molar-refractivity contribution in [3.05, 3.63) is 237 Å². The van der Waals surface area contributed by atoms with E-state index in [0.29, 0.717) is 72.3 Å². The highest BCUT2D eigenvalue weighted by molar-refractivity contribution is 7.20. The van der Waals surface area contributed by atoms with Gasteiger partial charge in [-0.1, -0.05) is 161 Å². The molecule has 4 aliphatic rings. The van der Waals surface area contributed by atoms with Gasteiger partial charge in [-0.15, -0.1) is 11.3 Å². The lowest BCUT2D eigenvalue weighted by atomic mass is 9.66. The number of rotatable bonds is 29. The average Bonchev–Trinajstić information content (AvgIpc) is 1.11. The van der Waals surface area contributed by atoms with Crippen LogP contribution in [0.2, 0.25) is 5.02 Å². The van der Waals surface area contributed by atoms with Crippen LogP contribution in [0.15, 0.2) is 195 Å². The summed E-state index contributed by atoms with van der Waals surface area (Å²) in [5, 5.41) is 4.56. The lowest BCUT2D eigenvalue weighted by molar-refractivity contribution is 0.0931. The van der Waals surface area contributed by atoms with E-state index in [1.54, 1.807) is 77.2 Å². The van der Waals surface area contributed by atoms with Gasteiger partial charge >= 0.3 is 0 Å². The maximum Gasteiger partial charge on any atom is 0.198 e. The summed E-state index contributed by atoms with van der Waals surface area (Å²) in [7, 11) is 11.3. The van der Waals surface area contributed by atoms with Crippen LogP contribution in [-0.4, -0.2) is 79.5 Å². The Morgan fingerprint density at radius 3 is 1.12 bits per heavy atom. The molecule has 0 N–H and O–H groups in total. The van der Waals surface area contributed by atoms with Gasteiger partial charge < -0.3 is 51.1 Å². The molecule has 4 heterocycles. The van der Waals surface area contributed by atoms with Crippen molar-refractivity contribution < 1.29 is 74.7 Å². The van der Waals surface area contributed by atoms with E-state index in [1.165, 1.54) is 93.4 Å². The summed E-state index contributed by atoms with van der Waals surface area (Å²) in [4.78, 5) is 52.7. The van der Waals surface area contributed by atoms with E-state index in [1.807, 2.05) is 110 Å². The molecular formula is C101H112ClFO15S. The van der Waals surface area contributed by atoms with Crippen LogP contribution in [-0.2, 0) is 21.7 Å². The molecule has 626 valence electrons. The third-order valence-corrected chi connectivity index (χ3v) is 26.9. The van der Waals surface area contributed by atoms with Crippen molar-refractivity contribution in [3.63, 3.8) is 0 Å². The Balaban J connectivity index is 0.000000137. The zero-order chi connectivity index (χ0) is 83.5. The van der Waals surface area contributed by atoms with Crippen molar-refractivity contribution in [2.45, 2.75) is 208 Å². The summed E-state index contributed by atoms with van der Waals surface area (Å²) in [5.41, 5.74) is 6.59. The first kappa shape index (κ1) is 86.5. The van der Waals surface area contributed by atoms with E-state index in [9.17, 15) is 23.6 Å². The fourth-order valence-corrected chi connectivity index (χ4v) is 20.1. The highest BCUT2D eigenvalue weighted by Crippen LogP contribution is 2.51. The molecule has 15 nitrogen and oxygen atoms in total. The molecule has 4 aromatic heterocycles. The Morgan fingerprint density at radius 1 is 0.353 bits per heavy atom. The number of methoxy groups -OCH3 is 7. The molecule has 12 aromatic rings. The van der Waals surface area contributed by atoms with Crippen molar-refractivity contribution >= 4 is 89.1 Å². The van der Waals surface area contributed by atoms with E-state index < -0.39 is 5.82 Å². The SMILES string of the molecule is CCOc1cc(C2(CCC(=O)c3cc4ccccc4o3)CCCCC2)ccc1OC.COc1cc(C2(CCC(=O)c3cc4ccccc4o3)CCCCC2)cc(F)c1OC.COc1ccc(C2(CCC(=O)c3cc4cc(Cl)ccc4o3)CCCCC2)cc1OC.COc1ccc(C2(CCC(=O)c3cc4ccccc4s3)CCCCC2)cc1OC. The molecule has 4 fully saturated rings. The van der Waals surface area contributed by atoms with Gasteiger partial charge in [-0.3, -0.25) is 19.2 Å². The highest BCUT2D eigenvalue weighted by Gasteiger charge is 2.40. The average molecular weight is 1650 g/mol. The zero-order valence-electron chi connectivity index (χ0n) is 70.1. The molecule has 4 aliphatic carbocycles. The predicted molar refractivity (Wildman–Crippen MR) is 472 cm³/mol. The quantitative estimate of drug-likeness (QED) is 0.0404. The van der Waals surface area contributed by atoms with Gasteiger partial charge in [0.1, 0.15) is 16.7 Å². The third kappa shape index (κ3) is 20.2. The monoisotopic (exact) mass is 1650 g/mol. The number of hydrogen-bond acceptors (Lipinski definition) is 16. The van der Waals surface area contributed by atoms with E-state index >= 15 is 0 Å². The molecule has 0 amide bonds. The van der Waals surface area contributed by atoms with Gasteiger partial charge in [0.15, 0.2) is 92.2 Å². The molecule has 0 saturated heterocycles. The number of ether oxygens (including phenoxy) is 8. The highest BCUT2D eigenvalue weighted by atomic mass is 35.5. The Hall–Kier alpha value is -10.4. The number of furan rings is 3. The van der Waals surface area contributed by atoms with Crippen LogP contribution in [0.25, 0.3) is 43.0 Å². The summed E-state index contributed by atoms with van der Waals surface area (Å²) in [5.74, 6) is 6.22. The Bertz CT molecular complexity index is 5350. The number of para-hydroxylation sites is 2. The molecule has 0 aliphatic heterocycles. The van der Waals surface area contributed by atoms with E-state index in [0.717, 1.165) is 168 Å². The fraction of sp³-hybridized carbons (Fsp3) is 0.406. The second-order valence-electron chi connectivity index (χ2n) is 32.4. The molecule has 0 radical (unpaired) electrons. The number of hydrogen-bond donors (Lipinski definition) is 0. The number of benzene rings is 8. The van der Waals surface area contributed by atoms with E-state index in [2.05, 4.69) is 48.5 Å². The second kappa shape index (κ2) is 40.1. The first-order chi connectivity index (χ1) is 57.9. The topological polar surface area (TPSA) is 182 Å². The number of Topliss-reactive ketones (excluding diaryl/α,β-unsaturated/α-hetero) is 4. The molecular weight excluding hydrogens is 1540 g/mol. The normalized spacial score (nSPS) is 15.8. The number of fused-ring (bicyclic) bond motifs is 4. The van der Waals surface area contributed by atoms with Crippen LogP contribution in [0.1, 0.15) is 250 Å². The van der Waals surface area contributed by atoms with Crippen LogP contribution < -0.4 is 37.9 Å². The van der Waals surface area contributed by atoms with Gasteiger partial charge in [0.25, 0.3) is 0 Å². The minimum Gasteiger partial charge on any atom is -0.493 e. The fourth-order valence-electron chi connectivity index (χ4n) is 18.9. The first-order valence-electron chi connectivity index (χ1n) is 42.4. The maximum absolute atomic E-state index is 14.7. The van der Waals surface area contributed by atoms with Crippen molar-refractivity contribution in [1.82, 2.24) is 0 Å². The molecule has 4 saturated carbocycles. The van der Waals surface area contributed by atoms with Crippen LogP contribution in [0.5, 0.6) is 46.0 Å². The molecule has 119 heavy (non-hydrogen) atoms. The van der Waals surface area contributed by atoms with Crippen molar-refractivity contribution in [1.29, 1.82) is 0 Å². The Morgan fingerprint density at radius 2 is 0.714 bits per heavy atom. The number of halogens is 2. The van der Waals surface area contributed by atoms with Gasteiger partial charge in [-0.25, -0.2) is 4.39 Å². The van der Waals surface area contributed by atoms with E-state index in [-0.39, 0.29) is 50.5 Å². The van der Waals surface area contributed by atoms with Gasteiger partial charge in [0.05, 0.1) is 61.3 Å². The standard InChI is InChI=1S/C26H30O4.C25H27ClO4.C25H27FO4.C25H28O3S/c1-3-29-25-18-20(11-12-23(25)28-2)26(14-7-4-8-15-26)16-13-21(27)24-17-19-9-5-6-10-22(19)30-24;1-28-22-8-6-18(16-24(22)29-2)25(11-4-3-5-12-25)13-10-20(27)23-15-17-14-19(26)7-9-21(17)30-23;1-28-23-16-18(15-19(26)24(23)29-2)25(11-6-3-7-12-25)13-10-20(27)22-14-17-8-4-5-9-21(17)30-22;1-27-21-11-10-19(17-22(21)28-2)25(13-6-3-7-14-25)15-12-20(26)24-16-18-8-4-5-9-23(18)29-24/h5-6,9-12,17-18H,3-4,7-8,13-16H2,1-2H3;6-9,14-16H,3-5,10-13H2,1-2H3;4-5,8-9,14-16H,3,6-7,10-13H2,1-2H3;4-5,8-11,16-17H,3,6-7,12-15H2,1-2H3. The van der Waals surface area contributed by atoms with E-state index in [4.69, 9.17) is 62.7 Å². The zero-order valence-corrected chi connectivity index (χ0v) is 71.7. The van der Waals surface area contributed by atoms with Crippen LogP contribution in [0.4, 0.5) is 4.39 Å². The summed E-state index contributed by atoms with van der Waals surface area (Å²) in [6, 6.07) is 58.7. The Labute approximate surface area is 707 Å². The molecule has 18 heteroatoms. The molecule has 0 bridgehead atoms. The number of ketones is 4. The molecule has 0 atom stereocenters. The maximum atomic E-state index is 14.7. The summed E-state index contributed by atoms with van der Waals surface area (Å²) in [6.45, 7) is 2.58. The van der Waals surface area contributed by atoms with Crippen molar-refractivity contribution in [2.75, 3.05) is 56.4 Å². The lowest BCUT2D eigenvalue weighted by Crippen LogP contribution is -2.30. The molecule has 0 spiro atoms. The van der Waals surface area contributed by atoms with Crippen LogP contribution in [0, 0.1) is 5.82 Å². The summed E-state index contributed by atoms with van der Waals surface area (Å²) >= 11 is 7.67. The molecule has 0 unspecified atom stereocenters. The number of carbonyl (C=O) groups excluding carboxylic acids is 4. The lowest BCUT2D eigenvalue weighted by Gasteiger charge is -2.38. The minimum absolute atomic E-state index is 0.00194. The Kier molecular flexibility index (Phi) is 29.2. The van der Waals surface area contributed by atoms with Crippen LogP contribution >= 0.6 is 22.9 Å². The third-order valence-electron chi connectivity index (χ3n) is 25.5. The molecule has 16 rings (SSSR count). The minimum atomic E-state index is -0.430. The molecule has 8 aromatic carbocycles. The first-order valence-corrected chi connectivity index (χ1v) is 43.6. The van der Waals surface area contributed by atoms with Gasteiger partial charge in [-0.05, 0) is 242 Å². The summed E-state index contributed by atoms with van der Waals surface area (Å²) in [6.07, 6.45) is 27.7. The van der Waals surface area contributed by atoms with Gasteiger partial charge in [0.2, 0.25) is 0 Å². The predicted octanol–water partition coefficient (Wildman–Crippen LogP) is 26.9. The smallest absolute Gasteiger partial charge is 0.198 e. The van der Waals surface area contributed by atoms with Gasteiger partial charge in [0, 0.05) is 51.6 Å². The van der Waals surface area contributed by atoms with Crippen LogP contribution in [0.3, 0.4) is 0 Å². The van der Waals surface area contributed by atoms with Gasteiger partial charge in [-0.2, -0.15) is 0 Å². The van der Waals surface area contributed by atoms with Crippen molar-refractivity contribution in [2.24, 2.45) is 0 Å². The number of thiophene rings is 1.